The minimum atomic E-state index is -1.35. The van der Waals surface area contributed by atoms with Crippen molar-refractivity contribution in [1.82, 2.24) is 5.06 Å². The molecule has 1 N–H and O–H groups in total. The van der Waals surface area contributed by atoms with Crippen molar-refractivity contribution in [2.45, 2.75) is 24.9 Å². The molecule has 2 fully saturated rings. The third kappa shape index (κ3) is 3.87. The van der Waals surface area contributed by atoms with Crippen LogP contribution in [0.15, 0.2) is 36.4 Å². The van der Waals surface area contributed by atoms with Gasteiger partial charge in [0, 0.05) is 0 Å². The van der Waals surface area contributed by atoms with Crippen LogP contribution in [0.4, 0.5) is 11.4 Å². The van der Waals surface area contributed by atoms with Crippen molar-refractivity contribution in [2.24, 2.45) is 0 Å². The van der Waals surface area contributed by atoms with E-state index in [1.807, 2.05) is 0 Å². The number of hydrogen-bond acceptors (Lipinski definition) is 6. The molecule has 2 atom stereocenters. The summed E-state index contributed by atoms with van der Waals surface area (Å²) in [7, 11) is 0. The van der Waals surface area contributed by atoms with Gasteiger partial charge in [0.15, 0.2) is 0 Å². The molecule has 4 rings (SSSR count). The topological polar surface area (TPSA) is 98.2 Å². The van der Waals surface area contributed by atoms with E-state index in [0.717, 1.165) is 9.80 Å². The zero-order chi connectivity index (χ0) is 23.3. The second-order valence-corrected chi connectivity index (χ2v) is 8.78. The molecule has 2 aliphatic rings. The number of anilines is 2. The van der Waals surface area contributed by atoms with Gasteiger partial charge in [-0.15, -0.1) is 0 Å². The van der Waals surface area contributed by atoms with Crippen molar-refractivity contribution in [3.63, 3.8) is 0 Å². The van der Waals surface area contributed by atoms with Gasteiger partial charge in [0.05, 0.1) is 44.3 Å². The number of carbonyl (C=O) groups excluding carboxylic acids is 4. The summed E-state index contributed by atoms with van der Waals surface area (Å²) in [5.41, 5.74) is 0.355. The van der Waals surface area contributed by atoms with Gasteiger partial charge in [0.2, 0.25) is 11.8 Å². The molecular formula is C20H13Cl4N3O5. The highest BCUT2D eigenvalue weighted by Crippen LogP contribution is 2.34. The molecule has 0 spiro atoms. The molecule has 2 aromatic rings. The monoisotopic (exact) mass is 515 g/mol. The molecule has 2 aliphatic heterocycles. The van der Waals surface area contributed by atoms with Crippen LogP contribution in [0.3, 0.4) is 0 Å². The van der Waals surface area contributed by atoms with E-state index in [1.165, 1.54) is 36.4 Å². The number of hydroxylamine groups is 2. The Labute approximate surface area is 201 Å². The Morgan fingerprint density at radius 2 is 1.06 bits per heavy atom. The van der Waals surface area contributed by atoms with E-state index in [4.69, 9.17) is 46.4 Å². The predicted octanol–water partition coefficient (Wildman–Crippen LogP) is 3.96. The number of carbonyl (C=O) groups is 4. The third-order valence-corrected chi connectivity index (χ3v) is 6.69. The van der Waals surface area contributed by atoms with E-state index in [-0.39, 0.29) is 44.3 Å². The molecule has 166 valence electrons. The first-order chi connectivity index (χ1) is 15.1. The summed E-state index contributed by atoms with van der Waals surface area (Å²) in [4.78, 5) is 52.6. The maximum atomic E-state index is 12.9. The highest BCUT2D eigenvalue weighted by molar-refractivity contribution is 6.43. The molecular weight excluding hydrogens is 504 g/mol. The normalized spacial score (nSPS) is 21.4. The smallest absolute Gasteiger partial charge is 0.254 e. The second kappa shape index (κ2) is 8.62. The summed E-state index contributed by atoms with van der Waals surface area (Å²) >= 11 is 23.7. The van der Waals surface area contributed by atoms with Gasteiger partial charge >= 0.3 is 0 Å². The third-order valence-electron chi connectivity index (χ3n) is 5.21. The summed E-state index contributed by atoms with van der Waals surface area (Å²) in [6.07, 6.45) is -0.777. The Bertz CT molecular complexity index is 1080. The molecule has 0 aliphatic carbocycles. The van der Waals surface area contributed by atoms with E-state index < -0.39 is 35.7 Å². The van der Waals surface area contributed by atoms with Gasteiger partial charge in [-0.2, -0.15) is 5.06 Å². The van der Waals surface area contributed by atoms with Crippen molar-refractivity contribution in [1.29, 1.82) is 0 Å². The van der Waals surface area contributed by atoms with Crippen LogP contribution in [0, 0.1) is 0 Å². The fraction of sp³-hybridized carbons (Fsp3) is 0.200. The average Bonchev–Trinajstić information content (AvgIpc) is 3.20. The fourth-order valence-corrected chi connectivity index (χ4v) is 4.24. The number of benzene rings is 2. The fourth-order valence-electron chi connectivity index (χ4n) is 3.65. The quantitative estimate of drug-likeness (QED) is 0.488. The minimum absolute atomic E-state index is 0.142. The van der Waals surface area contributed by atoms with Crippen molar-refractivity contribution in [2.75, 3.05) is 9.80 Å². The van der Waals surface area contributed by atoms with Gasteiger partial charge in [-0.05, 0) is 36.4 Å². The number of imide groups is 2. The number of rotatable bonds is 4. The van der Waals surface area contributed by atoms with Gasteiger partial charge in [-0.3, -0.25) is 19.2 Å². The first kappa shape index (κ1) is 23.0. The van der Waals surface area contributed by atoms with Crippen LogP contribution in [-0.4, -0.2) is 46.0 Å². The molecule has 0 bridgehead atoms. The van der Waals surface area contributed by atoms with Crippen LogP contribution in [0.25, 0.3) is 0 Å². The lowest BCUT2D eigenvalue weighted by molar-refractivity contribution is -0.172. The van der Waals surface area contributed by atoms with Crippen LogP contribution < -0.4 is 9.80 Å². The largest absolute Gasteiger partial charge is 0.312 e. The highest BCUT2D eigenvalue weighted by atomic mass is 35.5. The van der Waals surface area contributed by atoms with E-state index >= 15 is 0 Å². The summed E-state index contributed by atoms with van der Waals surface area (Å²) in [5.74, 6) is -2.72. The summed E-state index contributed by atoms with van der Waals surface area (Å²) in [5, 5.41) is 11.9. The Morgan fingerprint density at radius 1 is 0.688 bits per heavy atom. The molecule has 2 heterocycles. The maximum absolute atomic E-state index is 12.9. The standard InChI is InChI=1S/C20H13Cl4N3O5/c21-11-3-1-9(5-13(11)23)25-17(28)7-15(19(25)30)27(32)16-8-18(29)26(20(16)31)10-2-4-12(22)14(24)6-10/h1-6,15-16,32H,7-8H2/t15-,16+. The van der Waals surface area contributed by atoms with Crippen LogP contribution in [0.2, 0.25) is 20.1 Å². The number of halogens is 4. The summed E-state index contributed by atoms with van der Waals surface area (Å²) in [6, 6.07) is 5.71. The molecule has 12 heteroatoms. The average molecular weight is 517 g/mol. The van der Waals surface area contributed by atoms with E-state index in [1.54, 1.807) is 0 Å². The molecule has 0 unspecified atom stereocenters. The first-order valence-electron chi connectivity index (χ1n) is 9.21. The van der Waals surface area contributed by atoms with E-state index in [9.17, 15) is 24.4 Å². The number of nitrogens with zero attached hydrogens (tertiary/aromatic N) is 3. The highest BCUT2D eigenvalue weighted by Gasteiger charge is 2.50. The van der Waals surface area contributed by atoms with Gasteiger partial charge in [-0.1, -0.05) is 46.4 Å². The number of hydrogen-bond donors (Lipinski definition) is 1. The van der Waals surface area contributed by atoms with Gasteiger partial charge in [0.25, 0.3) is 11.8 Å². The molecule has 2 saturated heterocycles. The van der Waals surface area contributed by atoms with Crippen molar-refractivity contribution < 1.29 is 24.4 Å². The van der Waals surface area contributed by atoms with E-state index in [2.05, 4.69) is 0 Å². The SMILES string of the molecule is O=C1C[C@@H](N(O)[C@H]2CC(=O)N(c3ccc(Cl)c(Cl)c3)C2=O)C(=O)N1c1ccc(Cl)c(Cl)c1. The van der Waals surface area contributed by atoms with Crippen molar-refractivity contribution in [3.05, 3.63) is 56.5 Å². The molecule has 4 amide bonds. The molecule has 0 saturated carbocycles. The zero-order valence-corrected chi connectivity index (χ0v) is 19.0. The predicted molar refractivity (Wildman–Crippen MR) is 118 cm³/mol. The molecule has 8 nitrogen and oxygen atoms in total. The molecule has 0 aromatic heterocycles. The Hall–Kier alpha value is -2.20. The van der Waals surface area contributed by atoms with Gasteiger partial charge in [0.1, 0.15) is 12.1 Å². The lowest BCUT2D eigenvalue weighted by Gasteiger charge is -2.25. The van der Waals surface area contributed by atoms with Crippen molar-refractivity contribution >= 4 is 81.4 Å². The zero-order valence-electron chi connectivity index (χ0n) is 16.0. The van der Waals surface area contributed by atoms with Gasteiger partial charge < -0.3 is 5.21 Å². The van der Waals surface area contributed by atoms with Crippen molar-refractivity contribution in [3.8, 4) is 0 Å². The molecule has 2 aromatic carbocycles. The lowest BCUT2D eigenvalue weighted by atomic mass is 10.1. The van der Waals surface area contributed by atoms with Crippen LogP contribution in [0.5, 0.6) is 0 Å². The first-order valence-corrected chi connectivity index (χ1v) is 10.7. The Kier molecular flexibility index (Phi) is 6.19. The Morgan fingerprint density at radius 3 is 1.41 bits per heavy atom. The maximum Gasteiger partial charge on any atom is 0.254 e. The number of amides is 4. The Balaban J connectivity index is 1.57. The summed E-state index contributed by atoms with van der Waals surface area (Å²) in [6.45, 7) is 0. The summed E-state index contributed by atoms with van der Waals surface area (Å²) < 4.78 is 0. The second-order valence-electron chi connectivity index (χ2n) is 7.15. The van der Waals surface area contributed by atoms with Crippen LogP contribution >= 0.6 is 46.4 Å². The van der Waals surface area contributed by atoms with E-state index in [0.29, 0.717) is 5.06 Å². The minimum Gasteiger partial charge on any atom is -0.312 e. The molecule has 0 radical (unpaired) electrons. The lowest BCUT2D eigenvalue weighted by Crippen LogP contribution is -2.49. The molecule has 32 heavy (non-hydrogen) atoms. The van der Waals surface area contributed by atoms with Crippen LogP contribution in [-0.2, 0) is 19.2 Å². The van der Waals surface area contributed by atoms with Gasteiger partial charge in [-0.25, -0.2) is 9.80 Å². The van der Waals surface area contributed by atoms with Crippen LogP contribution in [0.1, 0.15) is 12.8 Å².